The van der Waals surface area contributed by atoms with Gasteiger partial charge in [0.25, 0.3) is 0 Å². The van der Waals surface area contributed by atoms with E-state index in [4.69, 9.17) is 0 Å². The summed E-state index contributed by atoms with van der Waals surface area (Å²) in [4.78, 5) is 12.4. The first kappa shape index (κ1) is 6.91. The predicted molar refractivity (Wildman–Crippen MR) is 47.4 cm³/mol. The van der Waals surface area contributed by atoms with Crippen LogP contribution in [0.3, 0.4) is 0 Å². The van der Waals surface area contributed by atoms with Gasteiger partial charge in [0.05, 0.1) is 11.9 Å². The van der Waals surface area contributed by atoms with Crippen molar-refractivity contribution in [3.63, 3.8) is 0 Å². The fraction of sp³-hybridized carbons (Fsp3) is 0. The zero-order valence-corrected chi connectivity index (χ0v) is 6.44. The van der Waals surface area contributed by atoms with E-state index in [1.807, 2.05) is 12.1 Å². The van der Waals surface area contributed by atoms with Crippen LogP contribution in [0.5, 0.6) is 0 Å². The summed E-state index contributed by atoms with van der Waals surface area (Å²) in [6.45, 7) is 3.61. The molecule has 0 amide bonds. The molecule has 0 atom stereocenters. The molecule has 0 aliphatic rings. The van der Waals surface area contributed by atoms with Gasteiger partial charge in [-0.2, -0.15) is 0 Å². The topological polar surface area (TPSA) is 38.7 Å². The van der Waals surface area contributed by atoms with Crippen molar-refractivity contribution < 1.29 is 0 Å². The van der Waals surface area contributed by atoms with E-state index in [-0.39, 0.29) is 0 Å². The zero-order chi connectivity index (χ0) is 8.39. The van der Waals surface area contributed by atoms with E-state index >= 15 is 0 Å². The highest BCUT2D eigenvalue weighted by molar-refractivity contribution is 5.70. The van der Waals surface area contributed by atoms with Crippen LogP contribution < -0.4 is 0 Å². The van der Waals surface area contributed by atoms with Crippen molar-refractivity contribution in [2.75, 3.05) is 0 Å². The Morgan fingerprint density at radius 1 is 1.33 bits per heavy atom. The van der Waals surface area contributed by atoms with E-state index in [1.165, 1.54) is 0 Å². The van der Waals surface area contributed by atoms with Crippen LogP contribution in [0.25, 0.3) is 17.2 Å². The molecule has 0 bridgehead atoms. The molecule has 12 heavy (non-hydrogen) atoms. The Morgan fingerprint density at radius 2 is 2.25 bits per heavy atom. The fourth-order valence-corrected chi connectivity index (χ4v) is 0.969. The van der Waals surface area contributed by atoms with Crippen molar-refractivity contribution in [3.05, 3.63) is 36.8 Å². The number of pyridine rings is 1. The lowest BCUT2D eigenvalue weighted by atomic mass is 10.4. The van der Waals surface area contributed by atoms with Gasteiger partial charge in [-0.05, 0) is 18.2 Å². The molecule has 2 aromatic heterocycles. The maximum Gasteiger partial charge on any atom is 0.178 e. The summed E-state index contributed by atoms with van der Waals surface area (Å²) in [6, 6.07) is 3.71. The van der Waals surface area contributed by atoms with Crippen molar-refractivity contribution in [1.29, 1.82) is 0 Å². The van der Waals surface area contributed by atoms with Crippen LogP contribution in [-0.2, 0) is 0 Å². The molecule has 0 spiro atoms. The SMILES string of the molecule is C=Cc1cnc2ncccc2n1. The van der Waals surface area contributed by atoms with Crippen LogP contribution in [0.4, 0.5) is 0 Å². The van der Waals surface area contributed by atoms with Gasteiger partial charge in [0.1, 0.15) is 5.52 Å². The quantitative estimate of drug-likeness (QED) is 0.632. The summed E-state index contributed by atoms with van der Waals surface area (Å²) in [5.74, 6) is 0. The summed E-state index contributed by atoms with van der Waals surface area (Å²) in [7, 11) is 0. The first-order valence-electron chi connectivity index (χ1n) is 3.60. The summed E-state index contributed by atoms with van der Waals surface area (Å²) >= 11 is 0. The lowest BCUT2D eigenvalue weighted by molar-refractivity contribution is 1.21. The van der Waals surface area contributed by atoms with E-state index in [1.54, 1.807) is 18.5 Å². The first-order chi connectivity index (χ1) is 5.90. The molecule has 2 rings (SSSR count). The Labute approximate surface area is 69.8 Å². The number of rotatable bonds is 1. The van der Waals surface area contributed by atoms with Crippen molar-refractivity contribution in [1.82, 2.24) is 15.0 Å². The fourth-order valence-electron chi connectivity index (χ4n) is 0.969. The Kier molecular flexibility index (Phi) is 1.55. The number of hydrogen-bond donors (Lipinski definition) is 0. The molecule has 2 heterocycles. The minimum Gasteiger partial charge on any atom is -0.243 e. The van der Waals surface area contributed by atoms with Crippen LogP contribution in [0, 0.1) is 0 Å². The normalized spacial score (nSPS) is 10.0. The highest BCUT2D eigenvalue weighted by atomic mass is 14.9. The molecule has 0 aromatic carbocycles. The van der Waals surface area contributed by atoms with Gasteiger partial charge >= 0.3 is 0 Å². The molecular formula is C9H7N3. The lowest BCUT2D eigenvalue weighted by Crippen LogP contribution is -1.88. The van der Waals surface area contributed by atoms with Gasteiger partial charge < -0.3 is 0 Å². The number of nitrogens with zero attached hydrogens (tertiary/aromatic N) is 3. The van der Waals surface area contributed by atoms with E-state index in [0.717, 1.165) is 11.2 Å². The summed E-state index contributed by atoms with van der Waals surface area (Å²) in [6.07, 6.45) is 5.02. The Bertz CT molecular complexity index is 423. The molecule has 3 heteroatoms. The van der Waals surface area contributed by atoms with Crippen LogP contribution in [0.2, 0.25) is 0 Å². The second-order valence-corrected chi connectivity index (χ2v) is 2.35. The zero-order valence-electron chi connectivity index (χ0n) is 6.44. The van der Waals surface area contributed by atoms with E-state index in [9.17, 15) is 0 Å². The van der Waals surface area contributed by atoms with Crippen LogP contribution >= 0.6 is 0 Å². The molecule has 0 aliphatic carbocycles. The van der Waals surface area contributed by atoms with Crippen LogP contribution in [0.15, 0.2) is 31.1 Å². The third-order valence-electron chi connectivity index (χ3n) is 1.54. The van der Waals surface area contributed by atoms with Crippen LogP contribution in [-0.4, -0.2) is 15.0 Å². The molecule has 0 saturated carbocycles. The highest BCUT2D eigenvalue weighted by Gasteiger charge is 1.95. The van der Waals surface area contributed by atoms with Gasteiger partial charge in [0.15, 0.2) is 5.65 Å². The van der Waals surface area contributed by atoms with E-state index < -0.39 is 0 Å². The first-order valence-corrected chi connectivity index (χ1v) is 3.60. The molecule has 58 valence electrons. The number of hydrogen-bond acceptors (Lipinski definition) is 3. The van der Waals surface area contributed by atoms with E-state index in [0.29, 0.717) is 5.65 Å². The third kappa shape index (κ3) is 1.05. The predicted octanol–water partition coefficient (Wildman–Crippen LogP) is 1.67. The average molecular weight is 157 g/mol. The van der Waals surface area contributed by atoms with Gasteiger partial charge in [-0.3, -0.25) is 0 Å². The van der Waals surface area contributed by atoms with Gasteiger partial charge in [-0.1, -0.05) is 6.58 Å². The largest absolute Gasteiger partial charge is 0.243 e. The van der Waals surface area contributed by atoms with Gasteiger partial charge in [-0.25, -0.2) is 15.0 Å². The Morgan fingerprint density at radius 3 is 3.08 bits per heavy atom. The number of aromatic nitrogens is 3. The molecule has 0 fully saturated rings. The summed E-state index contributed by atoms with van der Waals surface area (Å²) in [5, 5.41) is 0. The highest BCUT2D eigenvalue weighted by Crippen LogP contribution is 2.05. The molecule has 0 N–H and O–H groups in total. The molecule has 0 aliphatic heterocycles. The second kappa shape index (κ2) is 2.70. The molecule has 0 saturated heterocycles. The standard InChI is InChI=1S/C9H7N3/c1-2-7-6-11-9-8(12-7)4-3-5-10-9/h2-6H,1H2. The average Bonchev–Trinajstić information content (AvgIpc) is 2.17. The molecule has 0 radical (unpaired) electrons. The van der Waals surface area contributed by atoms with Crippen molar-refractivity contribution in [2.24, 2.45) is 0 Å². The van der Waals surface area contributed by atoms with Crippen molar-refractivity contribution in [2.45, 2.75) is 0 Å². The Hall–Kier alpha value is -1.77. The number of fused-ring (bicyclic) bond motifs is 1. The molecule has 3 nitrogen and oxygen atoms in total. The van der Waals surface area contributed by atoms with E-state index in [2.05, 4.69) is 21.5 Å². The van der Waals surface area contributed by atoms with Gasteiger partial charge in [0, 0.05) is 6.20 Å². The minimum absolute atomic E-state index is 0.670. The summed E-state index contributed by atoms with van der Waals surface area (Å²) < 4.78 is 0. The maximum atomic E-state index is 4.25. The molecule has 0 unspecified atom stereocenters. The summed E-state index contributed by atoms with van der Waals surface area (Å²) in [5.41, 5.74) is 2.24. The van der Waals surface area contributed by atoms with Gasteiger partial charge in [-0.15, -0.1) is 0 Å². The lowest BCUT2D eigenvalue weighted by Gasteiger charge is -1.94. The van der Waals surface area contributed by atoms with Crippen molar-refractivity contribution >= 4 is 17.2 Å². The van der Waals surface area contributed by atoms with Gasteiger partial charge in [0.2, 0.25) is 0 Å². The second-order valence-electron chi connectivity index (χ2n) is 2.35. The smallest absolute Gasteiger partial charge is 0.178 e. The maximum absolute atomic E-state index is 4.25. The van der Waals surface area contributed by atoms with Crippen molar-refractivity contribution in [3.8, 4) is 0 Å². The Balaban J connectivity index is 2.75. The molecule has 2 aromatic rings. The minimum atomic E-state index is 0.670. The third-order valence-corrected chi connectivity index (χ3v) is 1.54. The molecular weight excluding hydrogens is 150 g/mol. The van der Waals surface area contributed by atoms with Crippen LogP contribution in [0.1, 0.15) is 5.69 Å². The monoisotopic (exact) mass is 157 g/mol.